The van der Waals surface area contributed by atoms with E-state index in [0.717, 1.165) is 6.07 Å². The predicted octanol–water partition coefficient (Wildman–Crippen LogP) is 4.08. The van der Waals surface area contributed by atoms with Crippen LogP contribution in [-0.4, -0.2) is 21.4 Å². The highest BCUT2D eigenvalue weighted by molar-refractivity contribution is 7.90. The number of hydrogen-bond donors (Lipinski definition) is 1. The first-order valence-electron chi connectivity index (χ1n) is 7.87. The molecule has 0 aromatic heterocycles. The van der Waals surface area contributed by atoms with Crippen LogP contribution < -0.4 is 9.46 Å². The molecule has 0 saturated carbocycles. The standard InChI is InChI=1S/C16H22F2N4O2S/c1-9(21-25(23)15(2,3)4)10-6-12(17)13(18)11-7-16(5,8-20-22-19)24-14(10)11/h6,9,21H,7-8H2,1-5H3/t9-,16-,25?/m1/s1. The molecule has 1 aliphatic heterocycles. The Labute approximate surface area is 148 Å². The lowest BCUT2D eigenvalue weighted by atomic mass is 9.96. The molecule has 0 aliphatic carbocycles. The van der Waals surface area contributed by atoms with Crippen LogP contribution in [0, 0.1) is 11.6 Å². The molecule has 0 amide bonds. The molecule has 0 fully saturated rings. The van der Waals surface area contributed by atoms with E-state index < -0.39 is 39.4 Å². The summed E-state index contributed by atoms with van der Waals surface area (Å²) in [6.45, 7) is 8.82. The second-order valence-corrected chi connectivity index (χ2v) is 9.41. The Hall–Kier alpha value is -1.54. The lowest BCUT2D eigenvalue weighted by Gasteiger charge is -2.27. The number of halogens is 2. The third-order valence-corrected chi connectivity index (χ3v) is 5.65. The largest absolute Gasteiger partial charge is 0.598 e. The number of rotatable bonds is 5. The maximum atomic E-state index is 14.2. The summed E-state index contributed by atoms with van der Waals surface area (Å²) in [5, 5.41) is 3.49. The number of azide groups is 1. The van der Waals surface area contributed by atoms with Crippen LogP contribution in [0.1, 0.15) is 51.8 Å². The molecule has 3 atom stereocenters. The fourth-order valence-electron chi connectivity index (χ4n) is 2.61. The molecule has 9 heteroatoms. The van der Waals surface area contributed by atoms with Crippen molar-refractivity contribution < 1.29 is 18.1 Å². The number of ether oxygens (including phenoxy) is 1. The summed E-state index contributed by atoms with van der Waals surface area (Å²) in [5.41, 5.74) is 8.05. The average Bonchev–Trinajstić information content (AvgIpc) is 2.86. The highest BCUT2D eigenvalue weighted by atomic mass is 32.2. The number of fused-ring (bicyclic) bond motifs is 1. The van der Waals surface area contributed by atoms with E-state index in [1.165, 1.54) is 0 Å². The van der Waals surface area contributed by atoms with Gasteiger partial charge in [-0.3, -0.25) is 0 Å². The van der Waals surface area contributed by atoms with Gasteiger partial charge in [-0.05, 0) is 46.2 Å². The third kappa shape index (κ3) is 4.17. The topological polar surface area (TPSA) is 93.1 Å². The summed E-state index contributed by atoms with van der Waals surface area (Å²) >= 11 is -1.39. The summed E-state index contributed by atoms with van der Waals surface area (Å²) in [7, 11) is 0. The smallest absolute Gasteiger partial charge is 0.165 e. The molecule has 2 rings (SSSR count). The zero-order valence-corrected chi connectivity index (χ0v) is 15.7. The maximum absolute atomic E-state index is 14.2. The van der Waals surface area contributed by atoms with Gasteiger partial charge in [-0.15, -0.1) is 4.72 Å². The van der Waals surface area contributed by atoms with Crippen LogP contribution >= 0.6 is 0 Å². The van der Waals surface area contributed by atoms with Crippen molar-refractivity contribution in [2.75, 3.05) is 6.54 Å². The third-order valence-electron chi connectivity index (χ3n) is 3.97. The van der Waals surface area contributed by atoms with Gasteiger partial charge in [0.05, 0.1) is 12.6 Å². The average molecular weight is 372 g/mol. The van der Waals surface area contributed by atoms with Crippen LogP contribution in [0.4, 0.5) is 8.78 Å². The fraction of sp³-hybridized carbons (Fsp3) is 0.625. The summed E-state index contributed by atoms with van der Waals surface area (Å²) < 4.78 is 48.8. The minimum atomic E-state index is -1.39. The Morgan fingerprint density at radius 2 is 2.16 bits per heavy atom. The van der Waals surface area contributed by atoms with Crippen molar-refractivity contribution in [1.82, 2.24) is 4.72 Å². The van der Waals surface area contributed by atoms with Crippen molar-refractivity contribution >= 4 is 11.4 Å². The predicted molar refractivity (Wildman–Crippen MR) is 92.6 cm³/mol. The Bertz CT molecular complexity index is 719. The van der Waals surface area contributed by atoms with Gasteiger partial charge in [-0.1, -0.05) is 5.11 Å². The van der Waals surface area contributed by atoms with Crippen LogP contribution in [0.3, 0.4) is 0 Å². The van der Waals surface area contributed by atoms with E-state index in [4.69, 9.17) is 10.3 Å². The molecule has 0 radical (unpaired) electrons. The van der Waals surface area contributed by atoms with E-state index in [-0.39, 0.29) is 24.3 Å². The van der Waals surface area contributed by atoms with Gasteiger partial charge >= 0.3 is 0 Å². The number of benzene rings is 1. The van der Waals surface area contributed by atoms with Gasteiger partial charge in [0.2, 0.25) is 0 Å². The Morgan fingerprint density at radius 1 is 1.52 bits per heavy atom. The molecule has 0 bridgehead atoms. The summed E-state index contributed by atoms with van der Waals surface area (Å²) in [5.74, 6) is -1.73. The van der Waals surface area contributed by atoms with E-state index in [2.05, 4.69) is 14.7 Å². The van der Waals surface area contributed by atoms with E-state index in [0.29, 0.717) is 5.56 Å². The number of hydrogen-bond acceptors (Lipinski definition) is 4. The van der Waals surface area contributed by atoms with Crippen molar-refractivity contribution in [3.8, 4) is 5.75 Å². The van der Waals surface area contributed by atoms with Gasteiger partial charge in [-0.2, -0.15) is 0 Å². The van der Waals surface area contributed by atoms with Crippen molar-refractivity contribution in [3.63, 3.8) is 0 Å². The van der Waals surface area contributed by atoms with E-state index in [1.807, 2.05) is 20.8 Å². The molecule has 1 aromatic rings. The monoisotopic (exact) mass is 372 g/mol. The zero-order chi connectivity index (χ0) is 19.0. The highest BCUT2D eigenvalue weighted by Crippen LogP contribution is 2.43. The van der Waals surface area contributed by atoms with Gasteiger partial charge in [0.1, 0.15) is 16.1 Å². The van der Waals surface area contributed by atoms with Gasteiger partial charge in [-0.25, -0.2) is 8.78 Å². The molecule has 1 aromatic carbocycles. The first-order valence-corrected chi connectivity index (χ1v) is 9.02. The molecule has 138 valence electrons. The SMILES string of the molecule is C[C@@H](N[S+]([O-])C(C)(C)C)c1cc(F)c(F)c2c1O[C@@](C)(CN=[N+]=[N-])C2. The van der Waals surface area contributed by atoms with Gasteiger partial charge in [0.15, 0.2) is 11.6 Å². The van der Waals surface area contributed by atoms with E-state index in [1.54, 1.807) is 13.8 Å². The minimum Gasteiger partial charge on any atom is -0.598 e. The molecule has 1 unspecified atom stereocenters. The van der Waals surface area contributed by atoms with E-state index >= 15 is 0 Å². The zero-order valence-electron chi connectivity index (χ0n) is 14.9. The van der Waals surface area contributed by atoms with Crippen molar-refractivity contribution in [2.45, 2.75) is 57.4 Å². The van der Waals surface area contributed by atoms with Crippen molar-refractivity contribution in [3.05, 3.63) is 39.3 Å². The highest BCUT2D eigenvalue weighted by Gasteiger charge is 2.40. The van der Waals surface area contributed by atoms with Crippen LogP contribution in [0.15, 0.2) is 11.2 Å². The Balaban J connectivity index is 2.38. The lowest BCUT2D eigenvalue weighted by molar-refractivity contribution is 0.124. The van der Waals surface area contributed by atoms with Gasteiger partial charge < -0.3 is 9.29 Å². The van der Waals surface area contributed by atoms with Crippen LogP contribution in [-0.2, 0) is 17.8 Å². The second-order valence-electron chi connectivity index (χ2n) is 7.41. The van der Waals surface area contributed by atoms with Gasteiger partial charge in [0.25, 0.3) is 0 Å². The van der Waals surface area contributed by atoms with E-state index in [9.17, 15) is 13.3 Å². The van der Waals surface area contributed by atoms with Crippen LogP contribution in [0.25, 0.3) is 10.4 Å². The Kier molecular flexibility index (Phi) is 5.53. The Morgan fingerprint density at radius 3 is 2.72 bits per heavy atom. The van der Waals surface area contributed by atoms with Crippen LogP contribution in [0.5, 0.6) is 5.75 Å². The minimum absolute atomic E-state index is 0.00555. The molecular formula is C16H22F2N4O2S. The second kappa shape index (κ2) is 6.99. The van der Waals surface area contributed by atoms with Crippen LogP contribution in [0.2, 0.25) is 0 Å². The molecule has 6 nitrogen and oxygen atoms in total. The summed E-state index contributed by atoms with van der Waals surface area (Å²) in [4.78, 5) is 2.70. The number of nitrogens with zero attached hydrogens (tertiary/aromatic N) is 3. The number of nitrogens with one attached hydrogen (secondary N) is 1. The molecule has 25 heavy (non-hydrogen) atoms. The van der Waals surface area contributed by atoms with Gasteiger partial charge in [0, 0.05) is 33.8 Å². The first-order chi connectivity index (χ1) is 11.5. The maximum Gasteiger partial charge on any atom is 0.165 e. The normalized spacial score (nSPS) is 21.9. The first kappa shape index (κ1) is 19.8. The molecule has 1 N–H and O–H groups in total. The molecule has 1 heterocycles. The molecule has 0 spiro atoms. The summed E-state index contributed by atoms with van der Waals surface area (Å²) in [6, 6.07) is 0.538. The quantitative estimate of drug-likeness (QED) is 0.365. The molecule has 0 saturated heterocycles. The lowest BCUT2D eigenvalue weighted by Crippen LogP contribution is -2.40. The summed E-state index contributed by atoms with van der Waals surface area (Å²) in [6.07, 6.45) is 0.0903. The molecule has 1 aliphatic rings. The molecular weight excluding hydrogens is 350 g/mol. The van der Waals surface area contributed by atoms with Crippen molar-refractivity contribution in [2.24, 2.45) is 5.11 Å². The fourth-order valence-corrected chi connectivity index (χ4v) is 3.41. The van der Waals surface area contributed by atoms with Crippen molar-refractivity contribution in [1.29, 1.82) is 0 Å².